The Morgan fingerprint density at radius 2 is 1.82 bits per heavy atom. The van der Waals surface area contributed by atoms with Crippen LogP contribution in [0, 0.1) is 0 Å². The Morgan fingerprint density at radius 3 is 2.46 bits per heavy atom. The number of hydrogen-bond acceptors (Lipinski definition) is 5. The smallest absolute Gasteiger partial charge is 0.368 e. The molecule has 0 bridgehead atoms. The van der Waals surface area contributed by atoms with Gasteiger partial charge in [-0.2, -0.15) is 18.1 Å². The number of benzene rings is 2. The van der Waals surface area contributed by atoms with Crippen LogP contribution in [0.15, 0.2) is 52.2 Å². The maximum absolute atomic E-state index is 13.2. The number of aryl methyl sites for hydroxylation is 1. The Labute approximate surface area is 160 Å². The molecule has 1 aromatic heterocycles. The highest BCUT2D eigenvalue weighted by molar-refractivity contribution is 7.99. The van der Waals surface area contributed by atoms with Crippen LogP contribution < -0.4 is 10.4 Å². The molecule has 0 aliphatic rings. The standard InChI is InChI=1S/C17H14F4N4O2S/c1-24-17(26)25(23-22-24)12-6-4-8-14(28-16(20)21)11(12)9-27-13-7-3-2-5-10(13)15(18)19/h2-8,15-16H,9H2,1H3. The van der Waals surface area contributed by atoms with Gasteiger partial charge in [-0.15, -0.1) is 0 Å². The van der Waals surface area contributed by atoms with Gasteiger partial charge in [0.2, 0.25) is 0 Å². The zero-order chi connectivity index (χ0) is 20.3. The van der Waals surface area contributed by atoms with E-state index in [1.165, 1.54) is 49.5 Å². The summed E-state index contributed by atoms with van der Waals surface area (Å²) in [6.07, 6.45) is -2.76. The maximum Gasteiger partial charge on any atom is 0.368 e. The van der Waals surface area contributed by atoms with Gasteiger partial charge >= 0.3 is 5.69 Å². The van der Waals surface area contributed by atoms with Crippen molar-refractivity contribution in [3.63, 3.8) is 0 Å². The van der Waals surface area contributed by atoms with Crippen molar-refractivity contribution < 1.29 is 22.3 Å². The summed E-state index contributed by atoms with van der Waals surface area (Å²) < 4.78 is 59.7. The Morgan fingerprint density at radius 1 is 1.07 bits per heavy atom. The zero-order valence-electron chi connectivity index (χ0n) is 14.4. The first-order valence-corrected chi connectivity index (χ1v) is 8.82. The summed E-state index contributed by atoms with van der Waals surface area (Å²) in [6.45, 7) is -0.321. The molecule has 0 unspecified atom stereocenters. The van der Waals surface area contributed by atoms with Gasteiger partial charge < -0.3 is 4.74 Å². The molecule has 11 heteroatoms. The molecule has 0 amide bonds. The van der Waals surface area contributed by atoms with Crippen molar-refractivity contribution in [3.8, 4) is 11.4 Å². The molecule has 2 aromatic carbocycles. The Balaban J connectivity index is 2.03. The average Bonchev–Trinajstić information content (AvgIpc) is 2.99. The fourth-order valence-corrected chi connectivity index (χ4v) is 3.17. The molecule has 3 aromatic rings. The number of halogens is 4. The minimum Gasteiger partial charge on any atom is -0.488 e. The van der Waals surface area contributed by atoms with Crippen molar-refractivity contribution in [1.29, 1.82) is 0 Å². The molecule has 0 saturated carbocycles. The van der Waals surface area contributed by atoms with E-state index in [4.69, 9.17) is 4.74 Å². The van der Waals surface area contributed by atoms with Crippen LogP contribution in [0.4, 0.5) is 17.6 Å². The lowest BCUT2D eigenvalue weighted by molar-refractivity contribution is 0.144. The van der Waals surface area contributed by atoms with Gasteiger partial charge in [0.25, 0.3) is 12.2 Å². The molecule has 6 nitrogen and oxygen atoms in total. The van der Waals surface area contributed by atoms with E-state index in [0.29, 0.717) is 0 Å². The van der Waals surface area contributed by atoms with Gasteiger partial charge in [0, 0.05) is 17.5 Å². The summed E-state index contributed by atoms with van der Waals surface area (Å²) in [5, 5.41) is 7.31. The molecule has 0 atom stereocenters. The lowest BCUT2D eigenvalue weighted by Crippen LogP contribution is -2.23. The first-order chi connectivity index (χ1) is 13.4. The number of aromatic nitrogens is 4. The quantitative estimate of drug-likeness (QED) is 0.435. The summed E-state index contributed by atoms with van der Waals surface area (Å²) in [4.78, 5) is 12.3. The number of rotatable bonds is 7. The summed E-state index contributed by atoms with van der Waals surface area (Å²) in [7, 11) is 1.39. The molecule has 3 rings (SSSR count). The van der Waals surface area contributed by atoms with Crippen LogP contribution in [0.25, 0.3) is 5.69 Å². The minimum absolute atomic E-state index is 0.0770. The summed E-state index contributed by atoms with van der Waals surface area (Å²) in [5.74, 6) is -2.80. The van der Waals surface area contributed by atoms with Gasteiger partial charge in [-0.25, -0.2) is 13.6 Å². The Kier molecular flexibility index (Phi) is 6.02. The van der Waals surface area contributed by atoms with Crippen molar-refractivity contribution in [1.82, 2.24) is 19.8 Å². The lowest BCUT2D eigenvalue weighted by atomic mass is 10.1. The molecule has 28 heavy (non-hydrogen) atoms. The van der Waals surface area contributed by atoms with Crippen molar-refractivity contribution in [3.05, 3.63) is 64.1 Å². The van der Waals surface area contributed by atoms with Gasteiger partial charge in [0.05, 0.1) is 11.3 Å². The summed E-state index contributed by atoms with van der Waals surface area (Å²) >= 11 is 0.260. The Bertz CT molecular complexity index is 1020. The third kappa shape index (κ3) is 4.19. The molecule has 148 valence electrons. The van der Waals surface area contributed by atoms with Gasteiger partial charge in [-0.1, -0.05) is 30.0 Å². The number of ether oxygens (including phenoxy) is 1. The average molecular weight is 414 g/mol. The number of para-hydroxylation sites is 1. The first kappa shape index (κ1) is 19.9. The number of alkyl halides is 4. The second-order valence-corrected chi connectivity index (χ2v) is 6.59. The summed E-state index contributed by atoms with van der Waals surface area (Å²) in [5.41, 5.74) is -0.522. The molecule has 0 aliphatic heterocycles. The van der Waals surface area contributed by atoms with Crippen molar-refractivity contribution in [2.45, 2.75) is 23.7 Å². The summed E-state index contributed by atoms with van der Waals surface area (Å²) in [6, 6.07) is 9.95. The first-order valence-electron chi connectivity index (χ1n) is 7.94. The Hall–Kier alpha value is -2.82. The van der Waals surface area contributed by atoms with E-state index in [-0.39, 0.29) is 45.8 Å². The molecule has 0 radical (unpaired) electrons. The van der Waals surface area contributed by atoms with E-state index in [1.807, 2.05) is 0 Å². The van der Waals surface area contributed by atoms with Gasteiger partial charge in [0.1, 0.15) is 12.4 Å². The third-order valence-electron chi connectivity index (χ3n) is 3.80. The van der Waals surface area contributed by atoms with E-state index >= 15 is 0 Å². The monoisotopic (exact) mass is 414 g/mol. The largest absolute Gasteiger partial charge is 0.488 e. The highest BCUT2D eigenvalue weighted by Gasteiger charge is 2.19. The van der Waals surface area contributed by atoms with Gasteiger partial charge in [0.15, 0.2) is 0 Å². The lowest BCUT2D eigenvalue weighted by Gasteiger charge is -2.16. The van der Waals surface area contributed by atoms with Gasteiger partial charge in [-0.05, 0) is 34.7 Å². The minimum atomic E-state index is -2.76. The second kappa shape index (κ2) is 8.46. The molecule has 0 saturated heterocycles. The van der Waals surface area contributed by atoms with E-state index in [0.717, 1.165) is 9.36 Å². The predicted molar refractivity (Wildman–Crippen MR) is 94.2 cm³/mol. The topological polar surface area (TPSA) is 61.9 Å². The van der Waals surface area contributed by atoms with Crippen LogP contribution in [0.5, 0.6) is 5.75 Å². The number of thioether (sulfide) groups is 1. The van der Waals surface area contributed by atoms with Crippen LogP contribution in [0.3, 0.4) is 0 Å². The number of tetrazole rings is 1. The molecular formula is C17H14F4N4O2S. The SMILES string of the molecule is Cn1nnn(-c2cccc(SC(F)F)c2COc2ccccc2C(F)F)c1=O. The molecule has 0 fully saturated rings. The molecule has 0 spiro atoms. The van der Waals surface area contributed by atoms with Crippen molar-refractivity contribution >= 4 is 11.8 Å². The van der Waals surface area contributed by atoms with E-state index in [2.05, 4.69) is 10.4 Å². The maximum atomic E-state index is 13.2. The van der Waals surface area contributed by atoms with Crippen LogP contribution in [-0.4, -0.2) is 25.5 Å². The fourth-order valence-electron chi connectivity index (χ4n) is 2.51. The van der Waals surface area contributed by atoms with Gasteiger partial charge in [-0.3, -0.25) is 0 Å². The number of nitrogens with zero attached hydrogens (tertiary/aromatic N) is 4. The molecule has 0 N–H and O–H groups in total. The number of hydrogen-bond donors (Lipinski definition) is 0. The van der Waals surface area contributed by atoms with Crippen LogP contribution in [-0.2, 0) is 13.7 Å². The molecule has 1 heterocycles. The molecule has 0 aliphatic carbocycles. The van der Waals surface area contributed by atoms with Crippen molar-refractivity contribution in [2.75, 3.05) is 0 Å². The van der Waals surface area contributed by atoms with Crippen LogP contribution in [0.2, 0.25) is 0 Å². The third-order valence-corrected chi connectivity index (χ3v) is 4.61. The normalized spacial score (nSPS) is 11.4. The van der Waals surface area contributed by atoms with E-state index in [1.54, 1.807) is 0 Å². The van der Waals surface area contributed by atoms with Crippen LogP contribution in [0.1, 0.15) is 17.6 Å². The zero-order valence-corrected chi connectivity index (χ0v) is 15.2. The molecular weight excluding hydrogens is 400 g/mol. The van der Waals surface area contributed by atoms with E-state index < -0.39 is 17.9 Å². The second-order valence-electron chi connectivity index (χ2n) is 5.56. The highest BCUT2D eigenvalue weighted by atomic mass is 32.2. The predicted octanol–water partition coefficient (Wildman–Crippen LogP) is 3.80. The van der Waals surface area contributed by atoms with Crippen LogP contribution >= 0.6 is 11.8 Å². The van der Waals surface area contributed by atoms with E-state index in [9.17, 15) is 22.4 Å². The highest BCUT2D eigenvalue weighted by Crippen LogP contribution is 2.34. The van der Waals surface area contributed by atoms with Crippen molar-refractivity contribution in [2.24, 2.45) is 7.05 Å². The fraction of sp³-hybridized carbons (Fsp3) is 0.235.